The molecular weight excluding hydrogens is 324 g/mol. The lowest BCUT2D eigenvalue weighted by Crippen LogP contribution is -2.20. The summed E-state index contributed by atoms with van der Waals surface area (Å²) in [6, 6.07) is 4.80. The highest BCUT2D eigenvalue weighted by molar-refractivity contribution is 9.10. The molecule has 1 aromatic heterocycles. The van der Waals surface area contributed by atoms with Gasteiger partial charge in [-0.25, -0.2) is 4.98 Å². The van der Waals surface area contributed by atoms with Crippen LogP contribution in [0.3, 0.4) is 0 Å². The summed E-state index contributed by atoms with van der Waals surface area (Å²) in [5.41, 5.74) is 2.30. The highest BCUT2D eigenvalue weighted by atomic mass is 79.9. The Labute approximate surface area is 138 Å². The van der Waals surface area contributed by atoms with Gasteiger partial charge in [0.25, 0.3) is 0 Å². The predicted molar refractivity (Wildman–Crippen MR) is 94.9 cm³/mol. The lowest BCUT2D eigenvalue weighted by atomic mass is 9.97. The van der Waals surface area contributed by atoms with Crippen LogP contribution in [0.4, 0.5) is 5.69 Å². The van der Waals surface area contributed by atoms with E-state index in [1.807, 2.05) is 6.07 Å². The van der Waals surface area contributed by atoms with E-state index in [9.17, 15) is 0 Å². The van der Waals surface area contributed by atoms with Crippen molar-refractivity contribution in [2.24, 2.45) is 0 Å². The number of anilines is 1. The van der Waals surface area contributed by atoms with Crippen molar-refractivity contribution in [1.29, 1.82) is 0 Å². The minimum atomic E-state index is 0.617. The number of nitrogens with one attached hydrogen (secondary N) is 1. The van der Waals surface area contributed by atoms with Gasteiger partial charge in [-0.1, -0.05) is 57.8 Å². The quantitative estimate of drug-likeness (QED) is 0.637. The monoisotopic (exact) mass is 352 g/mol. The Hall–Kier alpha value is -0.570. The van der Waals surface area contributed by atoms with Crippen LogP contribution < -0.4 is 5.32 Å². The Bertz CT molecular complexity index is 408. The Kier molecular flexibility index (Phi) is 7.56. The van der Waals surface area contributed by atoms with Gasteiger partial charge in [0.05, 0.1) is 11.4 Å². The van der Waals surface area contributed by atoms with Crippen molar-refractivity contribution in [3.63, 3.8) is 0 Å². The maximum atomic E-state index is 4.50. The van der Waals surface area contributed by atoms with Gasteiger partial charge in [-0.2, -0.15) is 0 Å². The first-order valence-electron chi connectivity index (χ1n) is 8.65. The summed E-state index contributed by atoms with van der Waals surface area (Å²) in [5.74, 6) is 0. The fourth-order valence-corrected chi connectivity index (χ4v) is 3.61. The fraction of sp³-hybridized carbons (Fsp3) is 0.722. The van der Waals surface area contributed by atoms with E-state index in [1.165, 1.54) is 76.3 Å². The zero-order valence-corrected chi connectivity index (χ0v) is 14.9. The van der Waals surface area contributed by atoms with Gasteiger partial charge in [0.1, 0.15) is 4.60 Å². The summed E-state index contributed by atoms with van der Waals surface area (Å²) in [6.07, 6.45) is 15.3. The zero-order valence-electron chi connectivity index (χ0n) is 13.3. The summed E-state index contributed by atoms with van der Waals surface area (Å²) in [4.78, 5) is 4.50. The predicted octanol–water partition coefficient (Wildman–Crippen LogP) is 6.24. The number of pyridine rings is 1. The molecule has 0 unspecified atom stereocenters. The summed E-state index contributed by atoms with van der Waals surface area (Å²) in [6.45, 7) is 2.09. The minimum Gasteiger partial charge on any atom is -0.381 e. The molecule has 1 heterocycles. The number of aromatic nitrogens is 1. The Balaban J connectivity index is 1.90. The smallest absolute Gasteiger partial charge is 0.106 e. The highest BCUT2D eigenvalue weighted by Crippen LogP contribution is 2.22. The number of aryl methyl sites for hydroxylation is 1. The van der Waals surface area contributed by atoms with Crippen LogP contribution >= 0.6 is 15.9 Å². The lowest BCUT2D eigenvalue weighted by molar-refractivity contribution is 0.480. The largest absolute Gasteiger partial charge is 0.381 e. The number of hydrogen-bond donors (Lipinski definition) is 1. The molecular formula is C18H29BrN2. The molecule has 1 aliphatic carbocycles. The molecule has 21 heavy (non-hydrogen) atoms. The van der Waals surface area contributed by atoms with Crippen LogP contribution in [0.15, 0.2) is 16.7 Å². The molecule has 1 N–H and O–H groups in total. The third kappa shape index (κ3) is 6.37. The van der Waals surface area contributed by atoms with Crippen molar-refractivity contribution in [3.8, 4) is 0 Å². The third-order valence-electron chi connectivity index (χ3n) is 4.52. The molecule has 118 valence electrons. The first kappa shape index (κ1) is 16.8. The number of halogens is 1. The molecule has 2 rings (SSSR count). The fourth-order valence-electron chi connectivity index (χ4n) is 3.21. The summed E-state index contributed by atoms with van der Waals surface area (Å²) < 4.78 is 0.921. The normalized spacial score (nSPS) is 19.5. The molecule has 3 heteroatoms. The molecule has 1 aromatic rings. The first-order valence-corrected chi connectivity index (χ1v) is 9.45. The van der Waals surface area contributed by atoms with Crippen molar-refractivity contribution in [2.45, 2.75) is 83.6 Å². The molecule has 0 aliphatic heterocycles. The van der Waals surface area contributed by atoms with Gasteiger partial charge in [0, 0.05) is 6.04 Å². The number of rotatable bonds is 2. The maximum absolute atomic E-state index is 4.50. The molecule has 1 saturated carbocycles. The molecule has 0 spiro atoms. The van der Waals surface area contributed by atoms with Crippen LogP contribution in [0.5, 0.6) is 0 Å². The van der Waals surface area contributed by atoms with E-state index in [4.69, 9.17) is 0 Å². The van der Waals surface area contributed by atoms with Gasteiger partial charge in [0.2, 0.25) is 0 Å². The van der Waals surface area contributed by atoms with Crippen molar-refractivity contribution >= 4 is 21.6 Å². The van der Waals surface area contributed by atoms with E-state index in [0.29, 0.717) is 6.04 Å². The third-order valence-corrected chi connectivity index (χ3v) is 4.96. The molecule has 0 radical (unpaired) electrons. The topological polar surface area (TPSA) is 24.9 Å². The molecule has 0 aromatic carbocycles. The van der Waals surface area contributed by atoms with Crippen molar-refractivity contribution < 1.29 is 0 Å². The van der Waals surface area contributed by atoms with E-state index in [2.05, 4.69) is 39.2 Å². The van der Waals surface area contributed by atoms with E-state index in [1.54, 1.807) is 0 Å². The van der Waals surface area contributed by atoms with Gasteiger partial charge in [-0.15, -0.1) is 0 Å². The average Bonchev–Trinajstić information content (AvgIpc) is 2.44. The minimum absolute atomic E-state index is 0.617. The summed E-state index contributed by atoms with van der Waals surface area (Å²) in [5, 5.41) is 3.75. The lowest BCUT2D eigenvalue weighted by Gasteiger charge is -2.21. The molecule has 1 aliphatic rings. The van der Waals surface area contributed by atoms with Crippen molar-refractivity contribution in [3.05, 3.63) is 22.4 Å². The van der Waals surface area contributed by atoms with Crippen LogP contribution in [0, 0.1) is 6.92 Å². The highest BCUT2D eigenvalue weighted by Gasteiger charge is 2.11. The van der Waals surface area contributed by atoms with Crippen LogP contribution in [0.2, 0.25) is 0 Å². The Morgan fingerprint density at radius 1 is 0.905 bits per heavy atom. The van der Waals surface area contributed by atoms with Crippen LogP contribution in [0.25, 0.3) is 0 Å². The van der Waals surface area contributed by atoms with E-state index < -0.39 is 0 Å². The number of nitrogens with zero attached hydrogens (tertiary/aromatic N) is 1. The molecule has 0 bridgehead atoms. The zero-order chi connectivity index (χ0) is 14.9. The molecule has 0 saturated heterocycles. The second-order valence-electron chi connectivity index (χ2n) is 6.37. The van der Waals surface area contributed by atoms with Gasteiger partial charge >= 0.3 is 0 Å². The molecule has 2 nitrogen and oxygen atoms in total. The second-order valence-corrected chi connectivity index (χ2v) is 7.18. The average molecular weight is 353 g/mol. The standard InChI is InChI=1S/C18H29BrN2/c1-15-17(13-14-18(19)20-15)21-16-11-9-7-5-3-2-4-6-8-10-12-16/h13-14,16,21H,2-12H2,1H3. The van der Waals surface area contributed by atoms with Crippen LogP contribution in [0.1, 0.15) is 76.3 Å². The van der Waals surface area contributed by atoms with Crippen molar-refractivity contribution in [1.82, 2.24) is 4.98 Å². The van der Waals surface area contributed by atoms with Crippen LogP contribution in [-0.2, 0) is 0 Å². The Morgan fingerprint density at radius 3 is 1.95 bits per heavy atom. The van der Waals surface area contributed by atoms with E-state index >= 15 is 0 Å². The van der Waals surface area contributed by atoms with E-state index in [0.717, 1.165) is 10.3 Å². The van der Waals surface area contributed by atoms with Gasteiger partial charge < -0.3 is 5.32 Å². The Morgan fingerprint density at radius 2 is 1.43 bits per heavy atom. The van der Waals surface area contributed by atoms with Crippen molar-refractivity contribution in [2.75, 3.05) is 5.32 Å². The summed E-state index contributed by atoms with van der Waals surface area (Å²) >= 11 is 3.44. The summed E-state index contributed by atoms with van der Waals surface area (Å²) in [7, 11) is 0. The molecule has 1 fully saturated rings. The van der Waals surface area contributed by atoms with Gasteiger partial charge in [0.15, 0.2) is 0 Å². The number of hydrogen-bond acceptors (Lipinski definition) is 2. The van der Waals surface area contributed by atoms with Crippen LogP contribution in [-0.4, -0.2) is 11.0 Å². The molecule has 0 atom stereocenters. The first-order chi connectivity index (χ1) is 10.3. The second kappa shape index (κ2) is 9.45. The maximum Gasteiger partial charge on any atom is 0.106 e. The SMILES string of the molecule is Cc1nc(Br)ccc1NC1CCCCCCCCCCC1. The van der Waals surface area contributed by atoms with E-state index in [-0.39, 0.29) is 0 Å². The van der Waals surface area contributed by atoms with Gasteiger partial charge in [-0.3, -0.25) is 0 Å². The molecule has 0 amide bonds. The van der Waals surface area contributed by atoms with Gasteiger partial charge in [-0.05, 0) is 47.8 Å².